The highest BCUT2D eigenvalue weighted by Gasteiger charge is 2.28. The van der Waals surface area contributed by atoms with E-state index in [1.807, 2.05) is 9.47 Å². The fourth-order valence-electron chi connectivity index (χ4n) is 5.17. The first-order valence-electron chi connectivity index (χ1n) is 13.5. The average molecular weight is 604 g/mol. The summed E-state index contributed by atoms with van der Waals surface area (Å²) in [7, 11) is 4.49. The average Bonchev–Trinajstić information content (AvgIpc) is 3.83. The quantitative estimate of drug-likeness (QED) is 0.268. The summed E-state index contributed by atoms with van der Waals surface area (Å²) >= 11 is 0. The number of aliphatic hydroxyl groups excluding tert-OH is 1. The van der Waals surface area contributed by atoms with Gasteiger partial charge in [-0.2, -0.15) is 5.10 Å². The number of methoxy groups -OCH3 is 3. The Kier molecular flexibility index (Phi) is 9.92. The van der Waals surface area contributed by atoms with Gasteiger partial charge in [0.05, 0.1) is 45.4 Å². The van der Waals surface area contributed by atoms with Crippen molar-refractivity contribution in [3.63, 3.8) is 0 Å². The highest BCUT2D eigenvalue weighted by Crippen LogP contribution is 2.39. The van der Waals surface area contributed by atoms with Gasteiger partial charge in [-0.25, -0.2) is 9.82 Å². The van der Waals surface area contributed by atoms with Crippen LogP contribution in [0.15, 0.2) is 40.4 Å². The molecule has 2 fully saturated rings. The molecule has 0 unspecified atom stereocenters. The third-order valence-electron chi connectivity index (χ3n) is 7.48. The van der Waals surface area contributed by atoms with Crippen LogP contribution in [0.1, 0.15) is 34.8 Å². The molecule has 5 rings (SSSR count). The first-order valence-corrected chi connectivity index (χ1v) is 13.5. The molecule has 2 heterocycles. The Morgan fingerprint density at radius 2 is 1.74 bits per heavy atom. The molecule has 1 aliphatic carbocycles. The van der Waals surface area contributed by atoms with Gasteiger partial charge in [0.15, 0.2) is 11.5 Å². The molecule has 11 nitrogen and oxygen atoms in total. The molecule has 2 N–H and O–H groups in total. The SMILES string of the molecule is COc1cc(/C=N\NC(=O)c2cn(C3CC3)c3cc(N4CCN(CCO)CC4)c(F)cc3c2=O)cc(OC)c1OC.Cl. The molecule has 42 heavy (non-hydrogen) atoms. The Balaban J connectivity index is 0.00000405. The Bertz CT molecular complexity index is 1510. The van der Waals surface area contributed by atoms with Crippen LogP contribution in [0.5, 0.6) is 17.2 Å². The molecule has 1 aromatic heterocycles. The lowest BCUT2D eigenvalue weighted by molar-refractivity contribution is 0.0953. The molecular formula is C29H35ClFN5O6. The van der Waals surface area contributed by atoms with Crippen LogP contribution < -0.4 is 30.0 Å². The van der Waals surface area contributed by atoms with Crippen molar-refractivity contribution in [2.75, 3.05) is 65.6 Å². The minimum absolute atomic E-state index is 0. The predicted octanol–water partition coefficient (Wildman–Crippen LogP) is 2.80. The summed E-state index contributed by atoms with van der Waals surface area (Å²) < 4.78 is 33.3. The molecule has 226 valence electrons. The summed E-state index contributed by atoms with van der Waals surface area (Å²) in [6.45, 7) is 3.32. The van der Waals surface area contributed by atoms with Crippen LogP contribution in [0.25, 0.3) is 10.9 Å². The van der Waals surface area contributed by atoms with E-state index in [0.717, 1.165) is 12.8 Å². The largest absolute Gasteiger partial charge is 0.493 e. The van der Waals surface area contributed by atoms with Gasteiger partial charge in [-0.3, -0.25) is 14.5 Å². The van der Waals surface area contributed by atoms with Crippen molar-refractivity contribution in [2.45, 2.75) is 18.9 Å². The van der Waals surface area contributed by atoms with Gasteiger partial charge in [0, 0.05) is 55.9 Å². The number of halogens is 2. The molecule has 0 radical (unpaired) electrons. The third kappa shape index (κ3) is 6.30. The molecule has 0 atom stereocenters. The summed E-state index contributed by atoms with van der Waals surface area (Å²) in [4.78, 5) is 30.6. The lowest BCUT2D eigenvalue weighted by atomic mass is 10.1. The van der Waals surface area contributed by atoms with E-state index in [0.29, 0.717) is 66.7 Å². The summed E-state index contributed by atoms with van der Waals surface area (Å²) in [5.74, 6) is 0.0714. The number of nitrogens with one attached hydrogen (secondary N) is 1. The molecule has 13 heteroatoms. The van der Waals surface area contributed by atoms with E-state index in [1.165, 1.54) is 33.6 Å². The van der Waals surface area contributed by atoms with Gasteiger partial charge in [-0.15, -0.1) is 12.4 Å². The zero-order valence-corrected chi connectivity index (χ0v) is 24.6. The molecule has 1 saturated heterocycles. The zero-order valence-electron chi connectivity index (χ0n) is 23.8. The van der Waals surface area contributed by atoms with Crippen LogP contribution in [0, 0.1) is 5.82 Å². The van der Waals surface area contributed by atoms with Crippen LogP contribution in [0.4, 0.5) is 10.1 Å². The maximum atomic E-state index is 15.4. The van der Waals surface area contributed by atoms with E-state index >= 15 is 4.39 Å². The second-order valence-electron chi connectivity index (χ2n) is 10.0. The second kappa shape index (κ2) is 13.4. The highest BCUT2D eigenvalue weighted by atomic mass is 35.5. The molecule has 0 spiro atoms. The maximum absolute atomic E-state index is 15.4. The number of β-amino-alcohol motifs (C(OH)–C–C–N with tert-alkyl or cyclic N) is 1. The van der Waals surface area contributed by atoms with E-state index in [1.54, 1.807) is 24.4 Å². The first kappa shape index (κ1) is 31.1. The van der Waals surface area contributed by atoms with E-state index in [-0.39, 0.29) is 36.0 Å². The van der Waals surface area contributed by atoms with Crippen LogP contribution in [0.3, 0.4) is 0 Å². The van der Waals surface area contributed by atoms with Crippen LogP contribution >= 0.6 is 12.4 Å². The summed E-state index contributed by atoms with van der Waals surface area (Å²) in [5.41, 5.74) is 3.34. The van der Waals surface area contributed by atoms with Crippen molar-refractivity contribution in [3.8, 4) is 17.2 Å². The van der Waals surface area contributed by atoms with Gasteiger partial charge < -0.3 is 28.8 Å². The zero-order chi connectivity index (χ0) is 29.1. The number of rotatable bonds is 10. The summed E-state index contributed by atoms with van der Waals surface area (Å²) in [6, 6.07) is 6.42. The number of hydrazone groups is 1. The number of carbonyl (C=O) groups is 1. The minimum Gasteiger partial charge on any atom is -0.493 e. The monoisotopic (exact) mass is 603 g/mol. The standard InChI is InChI=1S/C29H34FN5O6.ClH/c1-39-25-12-18(13-26(40-2)28(25)41-3)16-31-32-29(38)21-17-35(19-4-5-19)23-15-24(22(30)14-20(23)27(21)37)34-8-6-33(7-9-34)10-11-36;/h12-17,19,36H,4-11H2,1-3H3,(H,32,38);1H/b31-16-;. The maximum Gasteiger partial charge on any atom is 0.276 e. The second-order valence-corrected chi connectivity index (χ2v) is 10.0. The molecular weight excluding hydrogens is 569 g/mol. The van der Waals surface area contributed by atoms with Gasteiger partial charge in [0.25, 0.3) is 5.91 Å². The highest BCUT2D eigenvalue weighted by molar-refractivity contribution is 5.98. The number of aromatic nitrogens is 1. The lowest BCUT2D eigenvalue weighted by Crippen LogP contribution is -2.47. The van der Waals surface area contributed by atoms with Gasteiger partial charge >= 0.3 is 0 Å². The number of hydrogen-bond acceptors (Lipinski definition) is 9. The summed E-state index contributed by atoms with van der Waals surface area (Å²) in [5, 5.41) is 13.4. The molecule has 1 aliphatic heterocycles. The third-order valence-corrected chi connectivity index (χ3v) is 7.48. The van der Waals surface area contributed by atoms with Crippen molar-refractivity contribution in [1.82, 2.24) is 14.9 Å². The van der Waals surface area contributed by atoms with Crippen LogP contribution in [-0.4, -0.2) is 87.4 Å². The number of hydrogen-bond donors (Lipinski definition) is 2. The van der Waals surface area contributed by atoms with E-state index in [2.05, 4.69) is 15.4 Å². The number of benzene rings is 2. The predicted molar refractivity (Wildman–Crippen MR) is 161 cm³/mol. The number of fused-ring (bicyclic) bond motifs is 1. The summed E-state index contributed by atoms with van der Waals surface area (Å²) in [6.07, 6.45) is 4.76. The number of pyridine rings is 1. The Labute approximate surface area is 248 Å². The molecule has 1 amide bonds. The van der Waals surface area contributed by atoms with Gasteiger partial charge in [-0.1, -0.05) is 0 Å². The topological polar surface area (TPSA) is 118 Å². The van der Waals surface area contributed by atoms with E-state index in [4.69, 9.17) is 14.2 Å². The van der Waals surface area contributed by atoms with Crippen molar-refractivity contribution in [2.24, 2.45) is 5.10 Å². The fraction of sp³-hybridized carbons (Fsp3) is 0.414. The number of amides is 1. The molecule has 1 saturated carbocycles. The first-order chi connectivity index (χ1) is 19.9. The van der Waals surface area contributed by atoms with Crippen molar-refractivity contribution in [3.05, 3.63) is 57.6 Å². The molecule has 2 aliphatic rings. The number of anilines is 1. The Morgan fingerprint density at radius 3 is 2.31 bits per heavy atom. The van der Waals surface area contributed by atoms with E-state index in [9.17, 15) is 14.7 Å². The number of aliphatic hydroxyl groups is 1. The Morgan fingerprint density at radius 1 is 1.07 bits per heavy atom. The molecule has 0 bridgehead atoms. The number of ether oxygens (including phenoxy) is 3. The lowest BCUT2D eigenvalue weighted by Gasteiger charge is -2.36. The number of carbonyl (C=O) groups excluding carboxylic acids is 1. The fourth-order valence-corrected chi connectivity index (χ4v) is 5.17. The molecule has 2 aromatic carbocycles. The van der Waals surface area contributed by atoms with Crippen molar-refractivity contribution < 1.29 is 28.5 Å². The smallest absolute Gasteiger partial charge is 0.276 e. The number of nitrogens with zero attached hydrogens (tertiary/aromatic N) is 4. The minimum atomic E-state index is -0.695. The number of piperazine rings is 1. The van der Waals surface area contributed by atoms with Crippen molar-refractivity contribution in [1.29, 1.82) is 0 Å². The van der Waals surface area contributed by atoms with Gasteiger partial charge in [0.1, 0.15) is 11.4 Å². The van der Waals surface area contributed by atoms with Crippen LogP contribution in [0.2, 0.25) is 0 Å². The van der Waals surface area contributed by atoms with E-state index < -0.39 is 17.2 Å². The van der Waals surface area contributed by atoms with Crippen LogP contribution in [-0.2, 0) is 0 Å². The Hall–Kier alpha value is -3.87. The normalized spacial score (nSPS) is 15.5. The van der Waals surface area contributed by atoms with Gasteiger partial charge in [-0.05, 0) is 37.1 Å². The molecule has 3 aromatic rings. The van der Waals surface area contributed by atoms with Gasteiger partial charge in [0.2, 0.25) is 11.2 Å². The van der Waals surface area contributed by atoms with Crippen molar-refractivity contribution >= 4 is 41.1 Å².